The molecule has 5 aromatic rings. The number of aromatic nitrogens is 1. The minimum atomic E-state index is -1.68. The molecule has 10 atom stereocenters. The summed E-state index contributed by atoms with van der Waals surface area (Å²) in [6.45, 7) is 14.2. The van der Waals surface area contributed by atoms with E-state index in [0.29, 0.717) is 77.4 Å². The van der Waals surface area contributed by atoms with Crippen molar-refractivity contribution in [3.8, 4) is 5.75 Å². The predicted molar refractivity (Wildman–Crippen MR) is 414 cm³/mol. The number of ketones is 2. The first-order valence-electron chi connectivity index (χ1n) is 38.9. The maximum Gasteiger partial charge on any atom is 0.407 e. The number of allylic oxidation sites excluding steroid dienone is 2. The molecule has 28 heteroatoms. The van der Waals surface area contributed by atoms with E-state index in [9.17, 15) is 28.8 Å². The number of nitrogens with zero attached hydrogens (tertiary/aromatic N) is 4. The number of rotatable bonds is 7. The van der Waals surface area contributed by atoms with Gasteiger partial charge in [0.2, 0.25) is 53.2 Å². The molecule has 602 valence electrons. The maximum atomic E-state index is 16.4. The second-order valence-corrected chi connectivity index (χ2v) is 32.2. The van der Waals surface area contributed by atoms with Gasteiger partial charge in [0.15, 0.2) is 11.6 Å². The van der Waals surface area contributed by atoms with E-state index < -0.39 is 156 Å². The molecule has 1 aromatic heterocycles. The molecule has 6 aliphatic rings. The van der Waals surface area contributed by atoms with Crippen LogP contribution < -0.4 is 42.0 Å². The van der Waals surface area contributed by atoms with Crippen LogP contribution in [0.15, 0.2) is 109 Å². The van der Waals surface area contributed by atoms with Crippen LogP contribution >= 0.6 is 0 Å². The number of fused-ring (bicyclic) bond motifs is 16. The van der Waals surface area contributed by atoms with Crippen LogP contribution in [0.5, 0.6) is 5.75 Å². The quantitative estimate of drug-likeness (QED) is 0.0841. The van der Waals surface area contributed by atoms with E-state index in [4.69, 9.17) is 18.9 Å². The zero-order chi connectivity index (χ0) is 80.8. The lowest BCUT2D eigenvalue weighted by atomic mass is 9.88. The lowest BCUT2D eigenvalue weighted by molar-refractivity contribution is -0.150. The topological polar surface area (TPSA) is 341 Å². The van der Waals surface area contributed by atoms with E-state index in [1.54, 1.807) is 121 Å². The van der Waals surface area contributed by atoms with E-state index >= 15 is 33.2 Å². The number of hydrogen-bond donors (Lipinski definition) is 7. The molecule has 6 aliphatic heterocycles. The summed E-state index contributed by atoms with van der Waals surface area (Å²) < 4.78 is 41.6. The Morgan fingerprint density at radius 3 is 2.16 bits per heavy atom. The van der Waals surface area contributed by atoms with Gasteiger partial charge in [0.1, 0.15) is 54.0 Å². The summed E-state index contributed by atoms with van der Waals surface area (Å²) in [7, 11) is 1.51. The summed E-state index contributed by atoms with van der Waals surface area (Å²) in [5.74, 6) is -9.07. The van der Waals surface area contributed by atoms with Crippen molar-refractivity contribution in [2.75, 3.05) is 39.9 Å². The minimum absolute atomic E-state index is 0.0555. The maximum absolute atomic E-state index is 16.4. The number of alkyl carbamates (subject to hydrolysis) is 1. The average molecular weight is 1550 g/mol. The van der Waals surface area contributed by atoms with Crippen LogP contribution in [0.3, 0.4) is 0 Å². The normalized spacial score (nSPS) is 25.0. The van der Waals surface area contributed by atoms with Crippen molar-refractivity contribution < 1.29 is 80.9 Å². The molecule has 10 amide bonds. The molecule has 112 heavy (non-hydrogen) atoms. The highest BCUT2D eigenvalue weighted by Crippen LogP contribution is 2.35. The van der Waals surface area contributed by atoms with Crippen LogP contribution in [-0.4, -0.2) is 195 Å². The Bertz CT molecular complexity index is 4320. The van der Waals surface area contributed by atoms with Crippen molar-refractivity contribution >= 4 is 81.7 Å². The number of halogens is 1. The van der Waals surface area contributed by atoms with Crippen molar-refractivity contribution in [3.63, 3.8) is 0 Å². The number of aryl methyl sites for hydroxylation is 1. The third-order valence-electron chi connectivity index (χ3n) is 21.2. The van der Waals surface area contributed by atoms with E-state index in [1.807, 2.05) is 41.0 Å². The highest BCUT2D eigenvalue weighted by Gasteiger charge is 2.50. The molecule has 11 rings (SSSR count). The number of carbonyl (C=O) groups excluding carboxylic acids is 12. The molecule has 27 nitrogen and oxygen atoms in total. The van der Waals surface area contributed by atoms with Gasteiger partial charge in [-0.15, -0.1) is 0 Å². The van der Waals surface area contributed by atoms with E-state index in [-0.39, 0.29) is 95.9 Å². The van der Waals surface area contributed by atoms with Crippen molar-refractivity contribution in [2.45, 2.75) is 237 Å². The first-order valence-corrected chi connectivity index (χ1v) is 38.9. The summed E-state index contributed by atoms with van der Waals surface area (Å²) in [5, 5.41) is 19.7. The zero-order valence-electron chi connectivity index (χ0n) is 65.8. The predicted octanol–water partition coefficient (Wildman–Crippen LogP) is 6.63. The summed E-state index contributed by atoms with van der Waals surface area (Å²) >= 11 is 0. The molecule has 2 fully saturated rings. The third-order valence-corrected chi connectivity index (χ3v) is 21.2. The van der Waals surface area contributed by atoms with Crippen LogP contribution in [0.1, 0.15) is 160 Å². The Hall–Kier alpha value is -10.4. The molecular weight excluding hydrogens is 1440 g/mol. The summed E-state index contributed by atoms with van der Waals surface area (Å²) in [6.07, 6.45) is 3.18. The highest BCUT2D eigenvalue weighted by atomic mass is 19.1. The Labute approximate surface area is 653 Å². The van der Waals surface area contributed by atoms with Gasteiger partial charge in [0.05, 0.1) is 43.0 Å². The number of hydrogen-bond acceptors (Lipinski definition) is 16. The van der Waals surface area contributed by atoms with E-state index in [2.05, 4.69) is 37.2 Å². The molecule has 0 aliphatic carbocycles. The summed E-state index contributed by atoms with van der Waals surface area (Å²) in [6, 6.07) is 16.5. The molecule has 12 bridgehead atoms. The second-order valence-electron chi connectivity index (χ2n) is 32.2. The number of carbonyl (C=O) groups is 12. The fraction of sp³-hybridized carbons (Fsp3) is 0.524. The van der Waals surface area contributed by atoms with Crippen LogP contribution in [0.2, 0.25) is 0 Å². The molecule has 0 radical (unpaired) electrons. The summed E-state index contributed by atoms with van der Waals surface area (Å²) in [4.78, 5) is 184. The molecule has 7 N–H and O–H groups in total. The Kier molecular flexibility index (Phi) is 28.0. The van der Waals surface area contributed by atoms with Gasteiger partial charge in [-0.2, -0.15) is 0 Å². The van der Waals surface area contributed by atoms with Gasteiger partial charge in [-0.1, -0.05) is 72.8 Å². The summed E-state index contributed by atoms with van der Waals surface area (Å²) in [5.41, 5.74) is 1.09. The molecule has 4 aromatic carbocycles. The Morgan fingerprint density at radius 1 is 0.696 bits per heavy atom. The number of amides is 10. The fourth-order valence-corrected chi connectivity index (χ4v) is 15.4. The van der Waals surface area contributed by atoms with Crippen LogP contribution in [-0.2, 0) is 112 Å². The van der Waals surface area contributed by atoms with E-state index in [1.165, 1.54) is 36.0 Å². The number of nitrogens with one attached hydrogen (secondary N) is 7. The largest absolute Gasteiger partial charge is 0.497 e. The van der Waals surface area contributed by atoms with Gasteiger partial charge in [-0.05, 0) is 184 Å². The number of Topliss-reactive ketones (excluding diaryl/α,β-unsaturated/α-hetero) is 2. The highest BCUT2D eigenvalue weighted by molar-refractivity contribution is 6.00. The van der Waals surface area contributed by atoms with Gasteiger partial charge in [-0.3, -0.25) is 52.7 Å². The fourth-order valence-electron chi connectivity index (χ4n) is 15.4. The van der Waals surface area contributed by atoms with Crippen molar-refractivity contribution in [2.24, 2.45) is 5.92 Å². The van der Waals surface area contributed by atoms with Crippen LogP contribution in [0.4, 0.5) is 9.18 Å². The van der Waals surface area contributed by atoms with Gasteiger partial charge in [-0.25, -0.2) is 9.18 Å². The molecule has 7 heterocycles. The first kappa shape index (κ1) is 84.1. The molecule has 0 spiro atoms. The molecule has 0 unspecified atom stereocenters. The zero-order valence-corrected chi connectivity index (χ0v) is 65.8. The van der Waals surface area contributed by atoms with E-state index in [0.717, 1.165) is 11.1 Å². The first-order chi connectivity index (χ1) is 53.2. The molecule has 2 saturated heterocycles. The van der Waals surface area contributed by atoms with Crippen molar-refractivity contribution in [1.29, 1.82) is 0 Å². The lowest BCUT2D eigenvalue weighted by Gasteiger charge is -2.37. The second kappa shape index (κ2) is 37.3. The number of benzene rings is 4. The van der Waals surface area contributed by atoms with Crippen molar-refractivity contribution in [1.82, 2.24) is 56.5 Å². The van der Waals surface area contributed by atoms with Crippen molar-refractivity contribution in [3.05, 3.63) is 149 Å². The SMILES string of the molecule is COc1ccc(C[C@@H]2NC(=O)[C@H]([C@@H](C)OC(C)(C)C)NC(=O)[C@@H]3[C@@H]4CCN3C(=O)[C@H]3CC(=O)[C@H](Cc5cccc(c5)CNC(=O)CO4)NC(=O)[C@@H](CNC(=O)OC(C)(C)C)NC(=O)[C@H](C)NC(=O)CCC(=O)N(CCCC=CCn4cc(c5cc(F)ccc54)C3)Cc3ccc(cc3)CCCC(=O)[C@]3(C)CCCN3C2=O)cc1. The number of ether oxygens (including phenoxy) is 4. The van der Waals surface area contributed by atoms with Gasteiger partial charge < -0.3 is 75.4 Å². The van der Waals surface area contributed by atoms with Gasteiger partial charge >= 0.3 is 6.09 Å². The minimum Gasteiger partial charge on any atom is -0.497 e. The monoisotopic (exact) mass is 1550 g/mol. The van der Waals surface area contributed by atoms with Gasteiger partial charge in [0.25, 0.3) is 0 Å². The molecular formula is C84H108FN11O16. The standard InChI is InChI=1S/C84H108FN11O16/c1-51-75(102)91-65(47-87-81(108)112-83(6,7)8)76(103)89-63-42-56-19-15-20-57(40-56)46-86-71(100)50-110-68-34-39-95-74(68)78(105)92-73(52(2)111-82(3,4)5)77(104)90-64(41-54-26-29-61(109-10)30-27-54)80(107)96-38-17-35-84(96,9)69(98)21-16-18-53-22-24-55(25-23-53)48-94(72(101)33-32-70(99)88-51)37-14-12-11-13-36-93-49-59(43-58(79(95)106)44-67(63)97)62-45-60(85)28-31-66(62)93/h11,13,15,19-20,22-31,40,45,49,51-52,58,63-65,68,73-74H,12,14,16-18,21,32-39,41-44,46-48,50H2,1-10H3,(H,86,100)(H,87,108)(H,88,99)(H,89,103)(H,90,104)(H,91,102)(H,92,105)/t51-,52+,58+,63-,64-,65+,68-,73-,74-,84-/m0/s1. The van der Waals surface area contributed by atoms with Crippen LogP contribution in [0, 0.1) is 11.7 Å². The Balaban J connectivity index is 1.12. The smallest absolute Gasteiger partial charge is 0.407 e. The van der Waals surface area contributed by atoms with Gasteiger partial charge in [0, 0.05) is 94.4 Å². The molecule has 0 saturated carbocycles. The average Bonchev–Trinajstić information content (AvgIpc) is 1.61. The third kappa shape index (κ3) is 22.5. The number of methoxy groups -OCH3 is 1. The lowest BCUT2D eigenvalue weighted by Crippen LogP contribution is -2.63. The van der Waals surface area contributed by atoms with Crippen LogP contribution in [0.25, 0.3) is 10.9 Å². The Morgan fingerprint density at radius 2 is 1.43 bits per heavy atom.